The summed E-state index contributed by atoms with van der Waals surface area (Å²) in [4.78, 5) is 22.1. The van der Waals surface area contributed by atoms with Gasteiger partial charge in [0.15, 0.2) is 0 Å². The molecular formula is C11H19NO9. The Hall–Kier alpha value is -1.30. The molecule has 0 aromatic heterocycles. The highest BCUT2D eigenvalue weighted by Crippen LogP contribution is 2.30. The minimum absolute atomic E-state index is 0.598. The Kier molecular flexibility index (Phi) is 5.61. The number of aliphatic carboxylic acids is 1. The molecule has 21 heavy (non-hydrogen) atoms. The Morgan fingerprint density at radius 2 is 2.10 bits per heavy atom. The minimum Gasteiger partial charge on any atom is -0.477 e. The zero-order valence-electron chi connectivity index (χ0n) is 11.2. The van der Waals surface area contributed by atoms with Crippen LogP contribution in [-0.2, 0) is 14.3 Å². The van der Waals surface area contributed by atoms with Crippen LogP contribution >= 0.6 is 0 Å². The summed E-state index contributed by atoms with van der Waals surface area (Å²) in [5.41, 5.74) is 0. The number of carbonyl (C=O) groups is 2. The van der Waals surface area contributed by atoms with E-state index in [0.29, 0.717) is 0 Å². The van der Waals surface area contributed by atoms with Crippen LogP contribution < -0.4 is 5.32 Å². The van der Waals surface area contributed by atoms with Gasteiger partial charge in [0.25, 0.3) is 5.79 Å². The number of carbonyl (C=O) groups excluding carboxylic acids is 1. The fourth-order valence-corrected chi connectivity index (χ4v) is 2.14. The molecule has 0 aliphatic carbocycles. The average Bonchev–Trinajstić information content (AvgIpc) is 2.39. The Morgan fingerprint density at radius 3 is 2.52 bits per heavy atom. The predicted octanol–water partition coefficient (Wildman–Crippen LogP) is -3.87. The van der Waals surface area contributed by atoms with Crippen LogP contribution in [0, 0.1) is 0 Å². The second kappa shape index (κ2) is 6.64. The molecule has 1 saturated heterocycles. The second-order valence-corrected chi connectivity index (χ2v) is 4.91. The Balaban J connectivity index is 3.07. The van der Waals surface area contributed by atoms with E-state index >= 15 is 0 Å². The van der Waals surface area contributed by atoms with E-state index in [-0.39, 0.29) is 0 Å². The van der Waals surface area contributed by atoms with Gasteiger partial charge in [0.1, 0.15) is 18.3 Å². The zero-order chi connectivity index (χ0) is 16.4. The molecule has 0 aromatic rings. The van der Waals surface area contributed by atoms with Gasteiger partial charge in [0, 0.05) is 13.3 Å². The van der Waals surface area contributed by atoms with E-state index < -0.39 is 61.1 Å². The van der Waals surface area contributed by atoms with Crippen molar-refractivity contribution in [2.24, 2.45) is 0 Å². The first-order valence-corrected chi connectivity index (χ1v) is 6.18. The smallest absolute Gasteiger partial charge is 0.364 e. The fraction of sp³-hybridized carbons (Fsp3) is 0.818. The van der Waals surface area contributed by atoms with E-state index in [1.165, 1.54) is 0 Å². The van der Waals surface area contributed by atoms with Gasteiger partial charge in [-0.25, -0.2) is 4.79 Å². The van der Waals surface area contributed by atoms with Gasteiger partial charge in [-0.1, -0.05) is 0 Å². The van der Waals surface area contributed by atoms with Gasteiger partial charge < -0.3 is 40.7 Å². The topological polar surface area (TPSA) is 177 Å². The van der Waals surface area contributed by atoms with Gasteiger partial charge in [-0.3, -0.25) is 4.79 Å². The van der Waals surface area contributed by atoms with Crippen molar-refractivity contribution in [1.29, 1.82) is 0 Å². The molecule has 0 aromatic carbocycles. The number of hydrogen-bond donors (Lipinski definition) is 7. The summed E-state index contributed by atoms with van der Waals surface area (Å²) in [6, 6.07) is -1.27. The third-order valence-corrected chi connectivity index (χ3v) is 3.21. The monoisotopic (exact) mass is 321 g/mol. The van der Waals surface area contributed by atoms with Crippen LogP contribution in [0.4, 0.5) is 0 Å². The van der Waals surface area contributed by atoms with Crippen LogP contribution in [0.3, 0.4) is 0 Å². The number of rotatable bonds is 5. The first-order chi connectivity index (χ1) is 9.62. The van der Waals surface area contributed by atoms with Crippen molar-refractivity contribution >= 4 is 11.9 Å². The summed E-state index contributed by atoms with van der Waals surface area (Å²) in [5, 5.41) is 59.0. The lowest BCUT2D eigenvalue weighted by atomic mass is 10.3. The van der Waals surface area contributed by atoms with Gasteiger partial charge in [0.2, 0.25) is 5.91 Å². The van der Waals surface area contributed by atoms with Crippen LogP contribution in [0.5, 0.6) is 0 Å². The fourth-order valence-electron chi connectivity index (χ4n) is 2.14. The van der Waals surface area contributed by atoms with Crippen LogP contribution in [0.15, 0.2) is 0 Å². The Bertz CT molecular complexity index is 403. The van der Waals surface area contributed by atoms with Crippen molar-refractivity contribution in [3.63, 3.8) is 0 Å². The van der Waals surface area contributed by atoms with E-state index in [2.05, 4.69) is 5.32 Å². The molecule has 10 nitrogen and oxygen atoms in total. The molecule has 0 unspecified atom stereocenters. The van der Waals surface area contributed by atoms with Crippen LogP contribution in [0.2, 0.25) is 0 Å². The third-order valence-electron chi connectivity index (χ3n) is 3.21. The Labute approximate surface area is 119 Å². The molecular weight excluding hydrogens is 302 g/mol. The van der Waals surface area contributed by atoms with Crippen molar-refractivity contribution in [1.82, 2.24) is 5.32 Å². The molecule has 6 atom stereocenters. The molecule has 0 saturated carbocycles. The lowest BCUT2D eigenvalue weighted by Gasteiger charge is -2.44. The van der Waals surface area contributed by atoms with Gasteiger partial charge in [-0.15, -0.1) is 0 Å². The number of hydrogen-bond acceptors (Lipinski definition) is 8. The van der Waals surface area contributed by atoms with E-state index in [0.717, 1.165) is 6.92 Å². The highest BCUT2D eigenvalue weighted by atomic mass is 17.2. The van der Waals surface area contributed by atoms with Gasteiger partial charge in [-0.2, -0.15) is 0 Å². The lowest BCUT2D eigenvalue weighted by Crippen LogP contribution is -2.67. The van der Waals surface area contributed by atoms with Gasteiger partial charge >= 0.3 is 5.97 Å². The maximum absolute atomic E-state index is 11.1. The number of carboxylic acids is 1. The average molecular weight is 321 g/mol. The van der Waals surface area contributed by atoms with Gasteiger partial charge in [0.05, 0.1) is 18.8 Å². The lowest BCUT2D eigenvalue weighted by molar-refractivity contribution is -0.295. The van der Waals surface area contributed by atoms with Gasteiger partial charge in [-0.05, 0) is 0 Å². The first kappa shape index (κ1) is 17.8. The number of carboxylic acid groups (broad SMARTS) is 1. The molecule has 1 amide bonds. The molecule has 1 rings (SSSR count). The van der Waals surface area contributed by atoms with E-state index in [1.807, 2.05) is 0 Å². The largest absolute Gasteiger partial charge is 0.477 e. The van der Waals surface area contributed by atoms with Crippen molar-refractivity contribution in [2.75, 3.05) is 6.61 Å². The minimum atomic E-state index is -2.78. The van der Waals surface area contributed by atoms with Crippen molar-refractivity contribution in [3.8, 4) is 0 Å². The summed E-state index contributed by atoms with van der Waals surface area (Å²) in [6.07, 6.45) is -7.48. The number of aliphatic hydroxyl groups is 5. The molecule has 10 heteroatoms. The molecule has 1 aliphatic heterocycles. The number of ether oxygens (including phenoxy) is 1. The van der Waals surface area contributed by atoms with Crippen LogP contribution in [0.25, 0.3) is 0 Å². The molecule has 1 heterocycles. The predicted molar refractivity (Wildman–Crippen MR) is 64.8 cm³/mol. The maximum atomic E-state index is 11.1. The van der Waals surface area contributed by atoms with Crippen molar-refractivity contribution in [2.45, 2.75) is 49.6 Å². The first-order valence-electron chi connectivity index (χ1n) is 6.18. The normalized spacial score (nSPS) is 35.8. The summed E-state index contributed by atoms with van der Waals surface area (Å²) < 4.78 is 4.86. The number of amides is 1. The van der Waals surface area contributed by atoms with Crippen molar-refractivity contribution < 1.29 is 45.0 Å². The SMILES string of the molecule is CC(=O)N[14C@@H]1[14C@@H](O)[14CH2][14C@@](O)([14C](=O)O)O[14C@H]1[C@H](O)[C@H](O)CO. The molecule has 1 fully saturated rings. The highest BCUT2D eigenvalue weighted by Gasteiger charge is 2.53. The highest BCUT2D eigenvalue weighted by molar-refractivity contribution is 5.76. The molecule has 0 spiro atoms. The van der Waals surface area contributed by atoms with Crippen molar-refractivity contribution in [3.05, 3.63) is 0 Å². The quantitative estimate of drug-likeness (QED) is 0.267. The Morgan fingerprint density at radius 1 is 1.52 bits per heavy atom. The molecule has 0 bridgehead atoms. The third kappa shape index (κ3) is 3.87. The van der Waals surface area contributed by atoms with E-state index in [4.69, 9.17) is 14.9 Å². The molecule has 122 valence electrons. The summed E-state index contributed by atoms with van der Waals surface area (Å²) in [6.45, 7) is 0.256. The van der Waals surface area contributed by atoms with E-state index in [9.17, 15) is 30.0 Å². The van der Waals surface area contributed by atoms with Crippen LogP contribution in [0.1, 0.15) is 13.3 Å². The van der Waals surface area contributed by atoms with E-state index in [1.54, 1.807) is 0 Å². The number of aliphatic hydroxyl groups excluding tert-OH is 4. The summed E-state index contributed by atoms with van der Waals surface area (Å²) in [5.74, 6) is -5.17. The summed E-state index contributed by atoms with van der Waals surface area (Å²) in [7, 11) is 0. The number of nitrogens with one attached hydrogen (secondary N) is 1. The molecule has 7 N–H and O–H groups in total. The van der Waals surface area contributed by atoms with Crippen LogP contribution in [-0.4, -0.2) is 85.4 Å². The molecule has 0 radical (unpaired) electrons. The summed E-state index contributed by atoms with van der Waals surface area (Å²) >= 11 is 0. The molecule has 1 aliphatic rings. The maximum Gasteiger partial charge on any atom is 0.364 e. The second-order valence-electron chi connectivity index (χ2n) is 4.91. The standard InChI is InChI=1S/C11H19NO9/c1-4(14)12-7-5(15)2-11(20,10(18)19)21-9(7)8(17)6(16)3-13/h5-9,13,15-17,20H,2-3H2,1H3,(H,12,14)(H,18,19)/t5-,6+,7+,8+,9+,11-/m0/s1/i2+2,5+2,7+2,9+2,10+2,11+2. The zero-order valence-corrected chi connectivity index (χ0v) is 11.2.